The Hall–Kier alpha value is 1.97. The van der Waals surface area contributed by atoms with Crippen molar-refractivity contribution >= 4 is 66.1 Å². The van der Waals surface area contributed by atoms with Crippen molar-refractivity contribution in [1.29, 1.82) is 0 Å². The third-order valence-corrected chi connectivity index (χ3v) is 0. The van der Waals surface area contributed by atoms with E-state index < -0.39 is 0 Å². The second kappa shape index (κ2) is 20.2. The van der Waals surface area contributed by atoms with Crippen LogP contribution in [0.2, 0.25) is 0 Å². The Morgan fingerprint density at radius 1 is 1.00 bits per heavy atom. The van der Waals surface area contributed by atoms with Crippen LogP contribution < -0.4 is 0 Å². The number of rotatable bonds is 0. The van der Waals surface area contributed by atoms with Gasteiger partial charge in [-0.25, -0.2) is 0 Å². The van der Waals surface area contributed by atoms with E-state index in [9.17, 15) is 0 Å². The van der Waals surface area contributed by atoms with Crippen molar-refractivity contribution in [1.82, 2.24) is 0 Å². The van der Waals surface area contributed by atoms with Crippen LogP contribution in [0.1, 0.15) is 0 Å². The van der Waals surface area contributed by atoms with Crippen molar-refractivity contribution in [3.05, 3.63) is 0 Å². The first kappa shape index (κ1) is 38.0. The van der Waals surface area contributed by atoms with Crippen LogP contribution in [0.25, 0.3) is 0 Å². The number of hydrogen-bond acceptors (Lipinski definition) is 0. The van der Waals surface area contributed by atoms with E-state index in [0.29, 0.717) is 0 Å². The van der Waals surface area contributed by atoms with Crippen LogP contribution in [0, 0.1) is 0 Å². The maximum Gasteiger partial charge on any atom is 0 e. The fourth-order valence-electron chi connectivity index (χ4n) is 0. The Morgan fingerprint density at radius 3 is 1.00 bits per heavy atom. The summed E-state index contributed by atoms with van der Waals surface area (Å²) in [4.78, 5) is 0. The van der Waals surface area contributed by atoms with Crippen molar-refractivity contribution < 1.29 is 0 Å². The third-order valence-electron chi connectivity index (χ3n) is 0. The molecule has 6 radical (unpaired) electrons. The quantitative estimate of drug-likeness (QED) is 0.451. The minimum absolute atomic E-state index is 0. The van der Waals surface area contributed by atoms with Crippen molar-refractivity contribution in [2.75, 3.05) is 0 Å². The Kier molecular flexibility index (Phi) is 192. The monoisotopic (exact) mass is 266 g/mol. The first-order valence-corrected chi connectivity index (χ1v) is 0. The summed E-state index contributed by atoms with van der Waals surface area (Å²) in [7, 11) is 0. The molecule has 0 spiro atoms. The minimum Gasteiger partial charge on any atom is 0 e. The van der Waals surface area contributed by atoms with E-state index in [-0.39, 0.29) is 66.1 Å². The molecule has 0 amide bonds. The van der Waals surface area contributed by atoms with E-state index >= 15 is 0 Å². The Balaban J connectivity index is 0. The van der Waals surface area contributed by atoms with Crippen LogP contribution in [-0.4, -0.2) is 52.6 Å². The van der Waals surface area contributed by atoms with Crippen molar-refractivity contribution in [2.24, 2.45) is 0 Å². The maximum atomic E-state index is 0. The van der Waals surface area contributed by atoms with Gasteiger partial charge in [-0.05, 0) is 0 Å². The molecule has 0 nitrogen and oxygen atoms in total. The topological polar surface area (TPSA) is 0 Å². The molecule has 0 aromatic carbocycles. The normalized spacial score (nSPS) is 0. The fraction of sp³-hybridized carbons (Fsp3) is 0. The van der Waals surface area contributed by atoms with E-state index in [1.54, 1.807) is 0 Å². The van der Waals surface area contributed by atoms with E-state index in [1.807, 2.05) is 0 Å². The van der Waals surface area contributed by atoms with Crippen LogP contribution in [0.4, 0.5) is 0 Å². The van der Waals surface area contributed by atoms with Gasteiger partial charge in [-0.1, -0.05) is 0 Å². The second-order valence-electron chi connectivity index (χ2n) is 0. The summed E-state index contributed by atoms with van der Waals surface area (Å²) >= 11 is 0. The molecular formula is H5AsGeSSe. The molecule has 1 unspecified atom stereocenters. The average Bonchev–Trinajstić information content (AvgIpc) is 0. The molecule has 0 aliphatic rings. The molecule has 0 saturated heterocycles. The van der Waals surface area contributed by atoms with E-state index in [1.165, 1.54) is 0 Å². The Labute approximate surface area is 65.7 Å². The average molecular weight is 264 g/mol. The molecule has 26 valence electrons. The molecule has 0 N–H and O–H groups in total. The largest absolute Gasteiger partial charge is 0 e. The first-order valence-electron chi connectivity index (χ1n) is 0. The second-order valence-corrected chi connectivity index (χ2v) is 0. The van der Waals surface area contributed by atoms with Crippen LogP contribution in [0.15, 0.2) is 0 Å². The molecule has 4 heavy (non-hydrogen) atoms. The number of hydrogen-bond donors (Lipinski definition) is 0. The van der Waals surface area contributed by atoms with Crippen LogP contribution in [0.5, 0.6) is 0 Å². The molecule has 0 aliphatic carbocycles. The molecule has 0 saturated carbocycles. The first-order chi connectivity index (χ1) is 0. The predicted octanol–water partition coefficient (Wildman–Crippen LogP) is -1.83. The van der Waals surface area contributed by atoms with Gasteiger partial charge in [-0.15, -0.1) is 0 Å². The van der Waals surface area contributed by atoms with Gasteiger partial charge < -0.3 is 0 Å². The van der Waals surface area contributed by atoms with E-state index in [2.05, 4.69) is 0 Å². The Morgan fingerprint density at radius 2 is 1.00 bits per heavy atom. The van der Waals surface area contributed by atoms with Crippen molar-refractivity contribution in [3.63, 3.8) is 0 Å². The van der Waals surface area contributed by atoms with Crippen molar-refractivity contribution in [3.8, 4) is 0 Å². The minimum atomic E-state index is 0. The van der Waals surface area contributed by atoms with Gasteiger partial charge in [0.2, 0.25) is 0 Å². The fourth-order valence-corrected chi connectivity index (χ4v) is 0. The summed E-state index contributed by atoms with van der Waals surface area (Å²) in [6.45, 7) is 0. The molecule has 0 aliphatic heterocycles. The summed E-state index contributed by atoms with van der Waals surface area (Å²) in [6.07, 6.45) is 0. The molecule has 0 fully saturated rings. The molecule has 0 bridgehead atoms. The van der Waals surface area contributed by atoms with Gasteiger partial charge in [0.15, 0.2) is 0 Å². The van der Waals surface area contributed by atoms with E-state index in [4.69, 9.17) is 0 Å². The molecule has 0 rings (SSSR count). The summed E-state index contributed by atoms with van der Waals surface area (Å²) in [5.41, 5.74) is 0. The smallest absolute Gasteiger partial charge is 0 e. The van der Waals surface area contributed by atoms with Gasteiger partial charge in [0.25, 0.3) is 0 Å². The zero-order valence-corrected chi connectivity index (χ0v) is 9.89. The van der Waals surface area contributed by atoms with Gasteiger partial charge in [-0.2, -0.15) is 13.5 Å². The molecule has 0 heterocycles. The van der Waals surface area contributed by atoms with Gasteiger partial charge in [0.1, 0.15) is 0 Å². The summed E-state index contributed by atoms with van der Waals surface area (Å²) < 4.78 is 0. The molecule has 0 aromatic heterocycles. The van der Waals surface area contributed by atoms with Gasteiger partial charge >= 0.3 is 18.0 Å². The summed E-state index contributed by atoms with van der Waals surface area (Å²) in [5.74, 6) is 0. The molecule has 0 aromatic rings. The van der Waals surface area contributed by atoms with Gasteiger partial charge in [0, 0.05) is 34.7 Å². The molecule has 4 heteroatoms. The van der Waals surface area contributed by atoms with Crippen LogP contribution >= 0.6 is 13.5 Å². The van der Waals surface area contributed by atoms with E-state index in [0.717, 1.165) is 0 Å². The standard InChI is InChI=1S/AsH3.Ge.H2S.Se/h1H3;;1H2;. The SMILES string of the molecule is S.[AsH3].[Ge].[Se]. The molecular weight excluding hydrogens is 259 g/mol. The third kappa shape index (κ3) is 9.02. The van der Waals surface area contributed by atoms with Gasteiger partial charge in [0.05, 0.1) is 0 Å². The molecule has 1 atom stereocenters. The zero-order chi connectivity index (χ0) is 0. The zero-order valence-electron chi connectivity index (χ0n) is 2.12. The summed E-state index contributed by atoms with van der Waals surface area (Å²) in [6, 6.07) is 0. The van der Waals surface area contributed by atoms with Crippen LogP contribution in [0.3, 0.4) is 0 Å². The van der Waals surface area contributed by atoms with Gasteiger partial charge in [-0.3, -0.25) is 0 Å². The predicted molar refractivity (Wildman–Crippen MR) is 31.8 cm³/mol. The van der Waals surface area contributed by atoms with Crippen molar-refractivity contribution in [2.45, 2.75) is 0 Å². The maximum absolute atomic E-state index is 0. The Bertz CT molecular complexity index is 8.00. The summed E-state index contributed by atoms with van der Waals surface area (Å²) in [5, 5.41) is 0. The van der Waals surface area contributed by atoms with Crippen LogP contribution in [-0.2, 0) is 0 Å².